The summed E-state index contributed by atoms with van der Waals surface area (Å²) < 4.78 is 0. The lowest BCUT2D eigenvalue weighted by Crippen LogP contribution is -2.47. The van der Waals surface area contributed by atoms with Crippen molar-refractivity contribution in [1.82, 2.24) is 15.1 Å². The fraction of sp³-hybridized carbons (Fsp3) is 0.280. The van der Waals surface area contributed by atoms with Gasteiger partial charge in [-0.15, -0.1) is 11.3 Å². The summed E-state index contributed by atoms with van der Waals surface area (Å²) in [6.45, 7) is 1.20. The van der Waals surface area contributed by atoms with Crippen molar-refractivity contribution in [2.45, 2.75) is 30.8 Å². The quantitative estimate of drug-likeness (QED) is 0.584. The smallest absolute Gasteiger partial charge is 0.319 e. The number of amides is 3. The largest absolute Gasteiger partial charge is 0.326 e. The van der Waals surface area contributed by atoms with Gasteiger partial charge < -0.3 is 5.32 Å². The molecule has 0 unspecified atom stereocenters. The lowest BCUT2D eigenvalue weighted by atomic mass is 9.83. The maximum atomic E-state index is 13.8. The van der Waals surface area contributed by atoms with Crippen molar-refractivity contribution >= 4 is 23.3 Å². The fourth-order valence-electron chi connectivity index (χ4n) is 4.78. The SMILES string of the molecule is O=C1N[C@](Cc2ccccc2)(c2ccccc2)C(=O)N1CN1CCC[C@@H]1c1cccs1. The number of likely N-dealkylation sites (tertiary alicyclic amines) is 1. The van der Waals surface area contributed by atoms with Gasteiger partial charge in [0.05, 0.1) is 6.67 Å². The highest BCUT2D eigenvalue weighted by atomic mass is 32.1. The van der Waals surface area contributed by atoms with Crippen LogP contribution >= 0.6 is 11.3 Å². The van der Waals surface area contributed by atoms with Crippen molar-refractivity contribution in [3.8, 4) is 0 Å². The molecule has 2 saturated heterocycles. The van der Waals surface area contributed by atoms with Crippen LogP contribution in [-0.2, 0) is 16.8 Å². The molecule has 3 amide bonds. The van der Waals surface area contributed by atoms with E-state index >= 15 is 0 Å². The van der Waals surface area contributed by atoms with E-state index in [2.05, 4.69) is 27.7 Å². The Kier molecular flexibility index (Phi) is 5.34. The number of benzene rings is 2. The highest BCUT2D eigenvalue weighted by Gasteiger charge is 2.53. The van der Waals surface area contributed by atoms with E-state index in [4.69, 9.17) is 0 Å². The van der Waals surface area contributed by atoms with E-state index in [0.29, 0.717) is 13.1 Å². The Morgan fingerprint density at radius 2 is 1.71 bits per heavy atom. The van der Waals surface area contributed by atoms with Gasteiger partial charge in [-0.25, -0.2) is 9.69 Å². The summed E-state index contributed by atoms with van der Waals surface area (Å²) in [4.78, 5) is 31.9. The second-order valence-electron chi connectivity index (χ2n) is 8.22. The molecule has 2 aliphatic rings. The van der Waals surface area contributed by atoms with Crippen molar-refractivity contribution in [2.75, 3.05) is 13.2 Å². The number of thiophene rings is 1. The molecule has 2 aromatic carbocycles. The number of hydrogen-bond acceptors (Lipinski definition) is 4. The molecule has 1 N–H and O–H groups in total. The molecule has 5 nitrogen and oxygen atoms in total. The highest BCUT2D eigenvalue weighted by Crippen LogP contribution is 2.37. The molecule has 0 bridgehead atoms. The van der Waals surface area contributed by atoms with Crippen LogP contribution in [0.4, 0.5) is 4.79 Å². The first-order chi connectivity index (χ1) is 15.2. The average molecular weight is 432 g/mol. The normalized spacial score (nSPS) is 24.0. The summed E-state index contributed by atoms with van der Waals surface area (Å²) in [6.07, 6.45) is 2.55. The minimum Gasteiger partial charge on any atom is -0.319 e. The van der Waals surface area contributed by atoms with E-state index < -0.39 is 5.54 Å². The second-order valence-corrected chi connectivity index (χ2v) is 9.20. The monoisotopic (exact) mass is 431 g/mol. The predicted octanol–water partition coefficient (Wildman–Crippen LogP) is 4.53. The van der Waals surface area contributed by atoms with Crippen LogP contribution in [-0.4, -0.2) is 35.0 Å². The molecule has 31 heavy (non-hydrogen) atoms. The molecule has 6 heteroatoms. The number of nitrogens with zero attached hydrogens (tertiary/aromatic N) is 2. The first-order valence-electron chi connectivity index (χ1n) is 10.7. The minimum absolute atomic E-state index is 0.176. The number of hydrogen-bond donors (Lipinski definition) is 1. The summed E-state index contributed by atoms with van der Waals surface area (Å²) in [5, 5.41) is 5.15. The van der Waals surface area contributed by atoms with Crippen molar-refractivity contribution in [3.05, 3.63) is 94.2 Å². The molecule has 1 aromatic heterocycles. The Bertz CT molecular complexity index is 1050. The number of carbonyl (C=O) groups excluding carboxylic acids is 2. The van der Waals surface area contributed by atoms with Crippen molar-refractivity contribution in [2.24, 2.45) is 0 Å². The van der Waals surface area contributed by atoms with E-state index in [1.165, 1.54) is 9.78 Å². The summed E-state index contributed by atoms with van der Waals surface area (Å²) in [5.41, 5.74) is 0.744. The van der Waals surface area contributed by atoms with E-state index in [-0.39, 0.29) is 18.0 Å². The molecular formula is C25H25N3O2S. The van der Waals surface area contributed by atoms with Crippen LogP contribution in [0.1, 0.15) is 34.9 Å². The van der Waals surface area contributed by atoms with E-state index in [1.54, 1.807) is 11.3 Å². The van der Waals surface area contributed by atoms with Crippen LogP contribution in [0, 0.1) is 0 Å². The molecule has 0 aliphatic carbocycles. The third kappa shape index (κ3) is 3.66. The van der Waals surface area contributed by atoms with Gasteiger partial charge in [-0.2, -0.15) is 0 Å². The van der Waals surface area contributed by atoms with Gasteiger partial charge in [0, 0.05) is 23.9 Å². The van der Waals surface area contributed by atoms with Crippen LogP contribution in [0.15, 0.2) is 78.2 Å². The van der Waals surface area contributed by atoms with Crippen molar-refractivity contribution < 1.29 is 9.59 Å². The zero-order valence-corrected chi connectivity index (χ0v) is 18.1. The maximum absolute atomic E-state index is 13.8. The molecule has 0 radical (unpaired) electrons. The average Bonchev–Trinajstić information content (AvgIpc) is 3.53. The van der Waals surface area contributed by atoms with E-state index in [0.717, 1.165) is 30.5 Å². The van der Waals surface area contributed by atoms with Gasteiger partial charge in [0.1, 0.15) is 0 Å². The summed E-state index contributed by atoms with van der Waals surface area (Å²) in [7, 11) is 0. The Balaban J connectivity index is 1.45. The van der Waals surface area contributed by atoms with E-state index in [9.17, 15) is 9.59 Å². The first kappa shape index (κ1) is 20.0. The van der Waals surface area contributed by atoms with Gasteiger partial charge in [-0.05, 0) is 35.4 Å². The number of nitrogens with one attached hydrogen (secondary N) is 1. The van der Waals surface area contributed by atoms with Crippen LogP contribution < -0.4 is 5.32 Å². The Labute approximate surface area is 186 Å². The lowest BCUT2D eigenvalue weighted by molar-refractivity contribution is -0.133. The molecule has 158 valence electrons. The van der Waals surface area contributed by atoms with Gasteiger partial charge in [0.2, 0.25) is 0 Å². The highest BCUT2D eigenvalue weighted by molar-refractivity contribution is 7.10. The fourth-order valence-corrected chi connectivity index (χ4v) is 5.67. The Morgan fingerprint density at radius 3 is 2.42 bits per heavy atom. The molecule has 2 fully saturated rings. The third-order valence-electron chi connectivity index (χ3n) is 6.31. The maximum Gasteiger partial charge on any atom is 0.326 e. The molecule has 0 spiro atoms. The van der Waals surface area contributed by atoms with Crippen LogP contribution in [0.2, 0.25) is 0 Å². The zero-order valence-electron chi connectivity index (χ0n) is 17.2. The van der Waals surface area contributed by atoms with Crippen molar-refractivity contribution in [1.29, 1.82) is 0 Å². The molecule has 3 heterocycles. The van der Waals surface area contributed by atoms with Gasteiger partial charge in [0.15, 0.2) is 5.54 Å². The second kappa shape index (κ2) is 8.29. The van der Waals surface area contributed by atoms with Crippen LogP contribution in [0.25, 0.3) is 0 Å². The number of imide groups is 1. The van der Waals surface area contributed by atoms with Crippen LogP contribution in [0.5, 0.6) is 0 Å². The number of carbonyl (C=O) groups is 2. The molecule has 5 rings (SSSR count). The van der Waals surface area contributed by atoms with Gasteiger partial charge >= 0.3 is 6.03 Å². The van der Waals surface area contributed by atoms with Gasteiger partial charge in [-0.3, -0.25) is 9.69 Å². The van der Waals surface area contributed by atoms with E-state index in [1.807, 2.05) is 60.7 Å². The summed E-state index contributed by atoms with van der Waals surface area (Å²) >= 11 is 1.74. The van der Waals surface area contributed by atoms with Gasteiger partial charge in [0.25, 0.3) is 5.91 Å². The predicted molar refractivity (Wildman–Crippen MR) is 122 cm³/mol. The Hall–Kier alpha value is -2.96. The minimum atomic E-state index is -1.09. The molecule has 0 saturated carbocycles. The molecule has 3 aromatic rings. The molecular weight excluding hydrogens is 406 g/mol. The molecule has 2 atom stereocenters. The third-order valence-corrected chi connectivity index (χ3v) is 7.29. The lowest BCUT2D eigenvalue weighted by Gasteiger charge is -2.30. The first-order valence-corrected chi connectivity index (χ1v) is 11.6. The number of urea groups is 1. The topological polar surface area (TPSA) is 52.7 Å². The summed E-state index contributed by atoms with van der Waals surface area (Å²) in [5.74, 6) is -0.176. The van der Waals surface area contributed by atoms with Gasteiger partial charge in [-0.1, -0.05) is 66.7 Å². The molecule has 2 aliphatic heterocycles. The van der Waals surface area contributed by atoms with Crippen LogP contribution in [0.3, 0.4) is 0 Å². The van der Waals surface area contributed by atoms with Crippen molar-refractivity contribution in [3.63, 3.8) is 0 Å². The summed E-state index contributed by atoms with van der Waals surface area (Å²) in [6, 6.07) is 23.6. The Morgan fingerprint density at radius 1 is 0.968 bits per heavy atom. The number of rotatable bonds is 6. The standard InChI is InChI=1S/C25H25N3O2S/c29-23-25(20-11-5-2-6-12-20,17-19-9-3-1-4-10-19)26-24(30)28(23)18-27-15-7-13-21(27)22-14-8-16-31-22/h1-6,8-12,14,16,21H,7,13,15,17-18H2,(H,26,30)/t21-,25-/m1/s1. The zero-order chi connectivity index (χ0) is 21.3.